The van der Waals surface area contributed by atoms with E-state index in [0.29, 0.717) is 16.7 Å². The number of nitrogens with one attached hydrogen (secondary N) is 1. The van der Waals surface area contributed by atoms with Crippen LogP contribution >= 0.6 is 11.6 Å². The van der Waals surface area contributed by atoms with Gasteiger partial charge in [-0.2, -0.15) is 4.98 Å². The van der Waals surface area contributed by atoms with E-state index in [0.717, 1.165) is 43.1 Å². The molecule has 5 nitrogen and oxygen atoms in total. The molecule has 0 atom stereocenters. The van der Waals surface area contributed by atoms with Crippen molar-refractivity contribution >= 4 is 34.7 Å². The van der Waals surface area contributed by atoms with Crippen molar-refractivity contribution in [1.82, 2.24) is 9.97 Å². The first-order valence-electron chi connectivity index (χ1n) is 9.58. The molecule has 28 heavy (non-hydrogen) atoms. The summed E-state index contributed by atoms with van der Waals surface area (Å²) in [7, 11) is 0. The van der Waals surface area contributed by atoms with Gasteiger partial charge in [0.05, 0.1) is 10.7 Å². The Morgan fingerprint density at radius 3 is 2.39 bits per heavy atom. The van der Waals surface area contributed by atoms with E-state index in [1.54, 1.807) is 12.1 Å². The molecule has 0 fully saturated rings. The van der Waals surface area contributed by atoms with E-state index in [1.165, 1.54) is 5.56 Å². The lowest BCUT2D eigenvalue weighted by Crippen LogP contribution is -2.23. The lowest BCUT2D eigenvalue weighted by atomic mass is 10.1. The Hall–Kier alpha value is -2.79. The van der Waals surface area contributed by atoms with Crippen LogP contribution in [0.15, 0.2) is 54.6 Å². The summed E-state index contributed by atoms with van der Waals surface area (Å²) in [6.07, 6.45) is 1.78. The molecule has 2 aromatic carbocycles. The molecular formula is C22H26ClN5. The van der Waals surface area contributed by atoms with Crippen LogP contribution in [0.2, 0.25) is 5.02 Å². The van der Waals surface area contributed by atoms with Crippen molar-refractivity contribution in [3.05, 3.63) is 70.9 Å². The van der Waals surface area contributed by atoms with Gasteiger partial charge in [0.25, 0.3) is 0 Å². The highest BCUT2D eigenvalue weighted by Crippen LogP contribution is 2.25. The standard InChI is InChI=1S/C22H26ClN5/c1-3-28(4-2)21-15-18(11-10-16-8-6-5-7-9-16)26-22(27-21)25-17-12-13-19(23)20(24)14-17/h5-9,12-15H,3-4,10-11,24H2,1-2H3,(H,25,26,27). The highest BCUT2D eigenvalue weighted by Gasteiger charge is 2.10. The maximum absolute atomic E-state index is 6.02. The van der Waals surface area contributed by atoms with Gasteiger partial charge in [0.15, 0.2) is 0 Å². The average molecular weight is 396 g/mol. The minimum absolute atomic E-state index is 0.524. The average Bonchev–Trinajstić information content (AvgIpc) is 2.71. The molecule has 0 bridgehead atoms. The van der Waals surface area contributed by atoms with Gasteiger partial charge in [-0.3, -0.25) is 0 Å². The second-order valence-electron chi connectivity index (χ2n) is 6.56. The number of nitrogen functional groups attached to an aromatic ring is 1. The predicted octanol–water partition coefficient (Wildman–Crippen LogP) is 5.09. The van der Waals surface area contributed by atoms with Crippen LogP contribution in [0.25, 0.3) is 0 Å². The largest absolute Gasteiger partial charge is 0.397 e. The molecule has 0 aliphatic carbocycles. The molecule has 3 rings (SSSR count). The molecule has 3 aromatic rings. The molecule has 3 N–H and O–H groups in total. The molecule has 0 unspecified atom stereocenters. The van der Waals surface area contributed by atoms with E-state index < -0.39 is 0 Å². The van der Waals surface area contributed by atoms with E-state index >= 15 is 0 Å². The monoisotopic (exact) mass is 395 g/mol. The van der Waals surface area contributed by atoms with Gasteiger partial charge in [0, 0.05) is 30.5 Å². The van der Waals surface area contributed by atoms with Crippen LogP contribution in [-0.4, -0.2) is 23.1 Å². The highest BCUT2D eigenvalue weighted by atomic mass is 35.5. The van der Waals surface area contributed by atoms with Crippen LogP contribution in [0.3, 0.4) is 0 Å². The fraction of sp³-hybridized carbons (Fsp3) is 0.273. The van der Waals surface area contributed by atoms with Crippen LogP contribution in [-0.2, 0) is 12.8 Å². The molecular weight excluding hydrogens is 370 g/mol. The summed E-state index contributed by atoms with van der Waals surface area (Å²) >= 11 is 6.02. The van der Waals surface area contributed by atoms with Crippen LogP contribution < -0.4 is 16.0 Å². The third kappa shape index (κ3) is 5.14. The molecule has 146 valence electrons. The molecule has 0 aliphatic heterocycles. The maximum Gasteiger partial charge on any atom is 0.229 e. The number of aromatic nitrogens is 2. The van der Waals surface area contributed by atoms with Crippen LogP contribution in [0.5, 0.6) is 0 Å². The number of nitrogens with zero attached hydrogens (tertiary/aromatic N) is 3. The smallest absolute Gasteiger partial charge is 0.229 e. The number of hydrogen-bond acceptors (Lipinski definition) is 5. The molecule has 0 saturated carbocycles. The normalized spacial score (nSPS) is 10.7. The minimum atomic E-state index is 0.524. The topological polar surface area (TPSA) is 67.1 Å². The number of benzene rings is 2. The maximum atomic E-state index is 6.02. The van der Waals surface area contributed by atoms with Crippen molar-refractivity contribution in [1.29, 1.82) is 0 Å². The van der Waals surface area contributed by atoms with Crippen LogP contribution in [0.4, 0.5) is 23.1 Å². The summed E-state index contributed by atoms with van der Waals surface area (Å²) in [5, 5.41) is 3.80. The van der Waals surface area contributed by atoms with Gasteiger partial charge in [-0.25, -0.2) is 4.98 Å². The molecule has 6 heteroatoms. The summed E-state index contributed by atoms with van der Waals surface area (Å²) < 4.78 is 0. The third-order valence-corrected chi connectivity index (χ3v) is 4.96. The summed E-state index contributed by atoms with van der Waals surface area (Å²) in [5.74, 6) is 1.49. The Balaban J connectivity index is 1.86. The second-order valence-corrected chi connectivity index (χ2v) is 6.97. The quantitative estimate of drug-likeness (QED) is 0.520. The zero-order chi connectivity index (χ0) is 19.9. The van der Waals surface area contributed by atoms with E-state index in [1.807, 2.05) is 12.1 Å². The number of anilines is 4. The van der Waals surface area contributed by atoms with Gasteiger partial charge in [-0.05, 0) is 50.5 Å². The van der Waals surface area contributed by atoms with Gasteiger partial charge < -0.3 is 16.0 Å². The lowest BCUT2D eigenvalue weighted by molar-refractivity contribution is 0.829. The van der Waals surface area contributed by atoms with Crippen molar-refractivity contribution < 1.29 is 0 Å². The Kier molecular flexibility index (Phi) is 6.71. The van der Waals surface area contributed by atoms with E-state index in [-0.39, 0.29) is 0 Å². The zero-order valence-electron chi connectivity index (χ0n) is 16.3. The molecule has 0 radical (unpaired) electrons. The lowest BCUT2D eigenvalue weighted by Gasteiger charge is -2.21. The summed E-state index contributed by atoms with van der Waals surface area (Å²) in [6, 6.07) is 18.0. The van der Waals surface area contributed by atoms with Crippen molar-refractivity contribution in [3.63, 3.8) is 0 Å². The first-order valence-corrected chi connectivity index (χ1v) is 9.95. The van der Waals surface area contributed by atoms with E-state index in [2.05, 4.69) is 54.4 Å². The van der Waals surface area contributed by atoms with Crippen LogP contribution in [0.1, 0.15) is 25.1 Å². The molecule has 0 saturated heterocycles. The SMILES string of the molecule is CCN(CC)c1cc(CCc2ccccc2)nc(Nc2ccc(Cl)c(N)c2)n1. The van der Waals surface area contributed by atoms with Crippen molar-refractivity contribution in [3.8, 4) is 0 Å². The van der Waals surface area contributed by atoms with Gasteiger partial charge in [-0.15, -0.1) is 0 Å². The van der Waals surface area contributed by atoms with Crippen molar-refractivity contribution in [2.24, 2.45) is 0 Å². The predicted molar refractivity (Wildman–Crippen MR) is 119 cm³/mol. The molecule has 1 aromatic heterocycles. The van der Waals surface area contributed by atoms with E-state index in [4.69, 9.17) is 27.3 Å². The number of aryl methyl sites for hydroxylation is 2. The number of hydrogen-bond donors (Lipinski definition) is 2. The summed E-state index contributed by atoms with van der Waals surface area (Å²) in [5.41, 5.74) is 9.55. The number of halogens is 1. The Labute approximate surface area is 171 Å². The molecule has 1 heterocycles. The first-order chi connectivity index (χ1) is 13.6. The number of rotatable bonds is 8. The van der Waals surface area contributed by atoms with Gasteiger partial charge >= 0.3 is 0 Å². The fourth-order valence-corrected chi connectivity index (χ4v) is 3.16. The molecule has 0 aliphatic rings. The van der Waals surface area contributed by atoms with Crippen molar-refractivity contribution in [2.75, 3.05) is 29.0 Å². The van der Waals surface area contributed by atoms with Crippen molar-refractivity contribution in [2.45, 2.75) is 26.7 Å². The Morgan fingerprint density at radius 1 is 0.964 bits per heavy atom. The molecule has 0 spiro atoms. The Morgan fingerprint density at radius 2 is 1.71 bits per heavy atom. The van der Waals surface area contributed by atoms with Crippen LogP contribution in [0, 0.1) is 0 Å². The first kappa shape index (κ1) is 20.0. The second kappa shape index (κ2) is 9.42. The van der Waals surface area contributed by atoms with Gasteiger partial charge in [0.1, 0.15) is 5.82 Å². The van der Waals surface area contributed by atoms with Gasteiger partial charge in [0.2, 0.25) is 5.95 Å². The number of nitrogens with two attached hydrogens (primary N) is 1. The summed E-state index contributed by atoms with van der Waals surface area (Å²) in [6.45, 7) is 6.03. The van der Waals surface area contributed by atoms with Gasteiger partial charge in [-0.1, -0.05) is 41.9 Å². The van der Waals surface area contributed by atoms with E-state index in [9.17, 15) is 0 Å². The fourth-order valence-electron chi connectivity index (χ4n) is 3.04. The zero-order valence-corrected chi connectivity index (χ0v) is 17.1. The summed E-state index contributed by atoms with van der Waals surface area (Å²) in [4.78, 5) is 11.6. The third-order valence-electron chi connectivity index (χ3n) is 4.62. The Bertz CT molecular complexity index is 910. The highest BCUT2D eigenvalue weighted by molar-refractivity contribution is 6.33. The minimum Gasteiger partial charge on any atom is -0.397 e. The molecule has 0 amide bonds.